The van der Waals surface area contributed by atoms with Crippen LogP contribution >= 0.6 is 0 Å². The van der Waals surface area contributed by atoms with Crippen molar-refractivity contribution in [3.05, 3.63) is 23.8 Å². The summed E-state index contributed by atoms with van der Waals surface area (Å²) in [5, 5.41) is 3.32. The van der Waals surface area contributed by atoms with Crippen LogP contribution in [0, 0.1) is 6.92 Å². The second-order valence-electron chi connectivity index (χ2n) is 3.00. The number of nitrogens with one attached hydrogen (secondary N) is 1. The molecular weight excluding hydrogens is 136 g/mol. The molecule has 1 heterocycles. The van der Waals surface area contributed by atoms with Gasteiger partial charge < -0.3 is 10.2 Å². The molecule has 0 aromatic heterocycles. The number of benzene rings is 1. The molecule has 2 heteroatoms. The Morgan fingerprint density at radius 3 is 3.00 bits per heavy atom. The molecule has 58 valence electrons. The minimum Gasteiger partial charge on any atom is -0.366 e. The number of hydrogen-bond donors (Lipinski definition) is 1. The lowest BCUT2D eigenvalue weighted by atomic mass is 10.2. The van der Waals surface area contributed by atoms with Crippen molar-refractivity contribution in [1.29, 1.82) is 0 Å². The Balaban J connectivity index is 2.58. The van der Waals surface area contributed by atoms with Crippen LogP contribution < -0.4 is 10.2 Å². The minimum absolute atomic E-state index is 0.931. The molecule has 0 radical (unpaired) electrons. The van der Waals surface area contributed by atoms with Gasteiger partial charge in [-0.15, -0.1) is 0 Å². The highest BCUT2D eigenvalue weighted by molar-refractivity contribution is 5.77. The van der Waals surface area contributed by atoms with Gasteiger partial charge in [0.2, 0.25) is 0 Å². The van der Waals surface area contributed by atoms with Gasteiger partial charge in [-0.25, -0.2) is 0 Å². The van der Waals surface area contributed by atoms with Gasteiger partial charge in [0.05, 0.1) is 18.0 Å². The van der Waals surface area contributed by atoms with E-state index in [1.165, 1.54) is 16.9 Å². The monoisotopic (exact) mass is 148 g/mol. The molecule has 1 aromatic rings. The van der Waals surface area contributed by atoms with Crippen LogP contribution in [0.25, 0.3) is 0 Å². The van der Waals surface area contributed by atoms with E-state index in [0.717, 1.165) is 6.67 Å². The molecule has 1 aliphatic heterocycles. The number of hydrogen-bond acceptors (Lipinski definition) is 2. The Morgan fingerprint density at radius 2 is 2.27 bits per heavy atom. The van der Waals surface area contributed by atoms with Gasteiger partial charge in [0, 0.05) is 7.05 Å². The van der Waals surface area contributed by atoms with Crippen LogP contribution in [0.3, 0.4) is 0 Å². The van der Waals surface area contributed by atoms with Crippen molar-refractivity contribution < 1.29 is 0 Å². The van der Waals surface area contributed by atoms with Crippen molar-refractivity contribution >= 4 is 11.4 Å². The number of rotatable bonds is 0. The van der Waals surface area contributed by atoms with Gasteiger partial charge >= 0.3 is 0 Å². The quantitative estimate of drug-likeness (QED) is 0.603. The number of nitrogens with zero attached hydrogens (tertiary/aromatic N) is 1. The molecule has 1 aliphatic rings. The lowest BCUT2D eigenvalue weighted by Crippen LogP contribution is -2.16. The van der Waals surface area contributed by atoms with Crippen molar-refractivity contribution in [3.8, 4) is 0 Å². The summed E-state index contributed by atoms with van der Waals surface area (Å²) in [4.78, 5) is 2.23. The number of para-hydroxylation sites is 1. The first kappa shape index (κ1) is 6.53. The van der Waals surface area contributed by atoms with Crippen LogP contribution in [0.2, 0.25) is 0 Å². The van der Waals surface area contributed by atoms with E-state index < -0.39 is 0 Å². The molecule has 0 saturated carbocycles. The molecule has 2 nitrogen and oxygen atoms in total. The first-order chi connectivity index (χ1) is 5.29. The predicted molar refractivity (Wildman–Crippen MR) is 48.1 cm³/mol. The van der Waals surface area contributed by atoms with E-state index in [0.29, 0.717) is 0 Å². The van der Waals surface area contributed by atoms with E-state index in [9.17, 15) is 0 Å². The van der Waals surface area contributed by atoms with Crippen LogP contribution in [-0.2, 0) is 0 Å². The summed E-state index contributed by atoms with van der Waals surface area (Å²) in [6.07, 6.45) is 0. The first-order valence-corrected chi connectivity index (χ1v) is 3.83. The van der Waals surface area contributed by atoms with E-state index in [4.69, 9.17) is 0 Å². The van der Waals surface area contributed by atoms with Crippen molar-refractivity contribution in [3.63, 3.8) is 0 Å². The Morgan fingerprint density at radius 1 is 1.45 bits per heavy atom. The Bertz CT molecular complexity index is 281. The second kappa shape index (κ2) is 2.16. The third-order valence-electron chi connectivity index (χ3n) is 2.13. The largest absolute Gasteiger partial charge is 0.366 e. The summed E-state index contributed by atoms with van der Waals surface area (Å²) in [6, 6.07) is 6.34. The van der Waals surface area contributed by atoms with Crippen LogP contribution in [0.5, 0.6) is 0 Å². The van der Waals surface area contributed by atoms with Crippen molar-refractivity contribution in [2.24, 2.45) is 0 Å². The highest BCUT2D eigenvalue weighted by atomic mass is 15.3. The highest BCUT2D eigenvalue weighted by Gasteiger charge is 2.15. The fourth-order valence-corrected chi connectivity index (χ4v) is 1.59. The lowest BCUT2D eigenvalue weighted by molar-refractivity contribution is 1.03. The molecule has 1 N–H and O–H groups in total. The van der Waals surface area contributed by atoms with E-state index >= 15 is 0 Å². The summed E-state index contributed by atoms with van der Waals surface area (Å²) in [5.41, 5.74) is 3.94. The minimum atomic E-state index is 0.931. The van der Waals surface area contributed by atoms with Gasteiger partial charge in [-0.1, -0.05) is 12.1 Å². The maximum Gasteiger partial charge on any atom is 0.0874 e. The lowest BCUT2D eigenvalue weighted by Gasteiger charge is -2.11. The number of fused-ring (bicyclic) bond motifs is 1. The highest BCUT2D eigenvalue weighted by Crippen LogP contribution is 2.32. The van der Waals surface area contributed by atoms with Gasteiger partial charge in [0.25, 0.3) is 0 Å². The van der Waals surface area contributed by atoms with E-state index in [-0.39, 0.29) is 0 Å². The fraction of sp³-hybridized carbons (Fsp3) is 0.333. The Hall–Kier alpha value is -1.18. The van der Waals surface area contributed by atoms with E-state index in [1.54, 1.807) is 0 Å². The van der Waals surface area contributed by atoms with Gasteiger partial charge in [-0.05, 0) is 18.6 Å². The van der Waals surface area contributed by atoms with Crippen molar-refractivity contribution in [1.82, 2.24) is 0 Å². The molecule has 0 unspecified atom stereocenters. The summed E-state index contributed by atoms with van der Waals surface area (Å²) in [5.74, 6) is 0. The second-order valence-corrected chi connectivity index (χ2v) is 3.00. The van der Waals surface area contributed by atoms with Gasteiger partial charge in [-0.2, -0.15) is 0 Å². The normalized spacial score (nSPS) is 14.5. The van der Waals surface area contributed by atoms with Gasteiger partial charge in [0.15, 0.2) is 0 Å². The van der Waals surface area contributed by atoms with Crippen LogP contribution in [-0.4, -0.2) is 13.7 Å². The maximum atomic E-state index is 3.32. The third-order valence-corrected chi connectivity index (χ3v) is 2.13. The fourth-order valence-electron chi connectivity index (χ4n) is 1.59. The smallest absolute Gasteiger partial charge is 0.0874 e. The molecule has 0 amide bonds. The van der Waals surface area contributed by atoms with Crippen molar-refractivity contribution in [2.45, 2.75) is 6.92 Å². The Labute approximate surface area is 66.8 Å². The van der Waals surface area contributed by atoms with E-state index in [2.05, 4.69) is 42.4 Å². The molecule has 0 atom stereocenters. The van der Waals surface area contributed by atoms with Gasteiger partial charge in [0.1, 0.15) is 0 Å². The molecule has 0 saturated heterocycles. The zero-order valence-corrected chi connectivity index (χ0v) is 6.89. The summed E-state index contributed by atoms with van der Waals surface area (Å²) in [7, 11) is 2.10. The molecule has 0 bridgehead atoms. The SMILES string of the molecule is Cc1cccc2c1N(C)CN2. The predicted octanol–water partition coefficient (Wildman–Crippen LogP) is 1.81. The number of anilines is 2. The Kier molecular flexibility index (Phi) is 1.28. The molecule has 0 aliphatic carbocycles. The average Bonchev–Trinajstić information content (AvgIpc) is 2.34. The topological polar surface area (TPSA) is 15.3 Å². The van der Waals surface area contributed by atoms with Gasteiger partial charge in [-0.3, -0.25) is 0 Å². The molecule has 0 spiro atoms. The zero-order chi connectivity index (χ0) is 7.84. The first-order valence-electron chi connectivity index (χ1n) is 3.83. The third kappa shape index (κ3) is 0.862. The molecule has 0 fully saturated rings. The van der Waals surface area contributed by atoms with E-state index in [1.807, 2.05) is 0 Å². The average molecular weight is 148 g/mol. The molecule has 1 aromatic carbocycles. The molecule has 11 heavy (non-hydrogen) atoms. The molecular formula is C9H12N2. The summed E-state index contributed by atoms with van der Waals surface area (Å²) >= 11 is 0. The standard InChI is InChI=1S/C9H12N2/c1-7-4-3-5-8-9(7)11(2)6-10-8/h3-5,10H,6H2,1-2H3. The van der Waals surface area contributed by atoms with Crippen LogP contribution in [0.15, 0.2) is 18.2 Å². The van der Waals surface area contributed by atoms with Crippen molar-refractivity contribution in [2.75, 3.05) is 23.9 Å². The molecule has 2 rings (SSSR count). The summed E-state index contributed by atoms with van der Waals surface area (Å²) in [6.45, 7) is 3.07. The van der Waals surface area contributed by atoms with Crippen LogP contribution in [0.1, 0.15) is 5.56 Å². The number of aryl methyl sites for hydroxylation is 1. The van der Waals surface area contributed by atoms with Crippen LogP contribution in [0.4, 0.5) is 11.4 Å². The zero-order valence-electron chi connectivity index (χ0n) is 6.89. The summed E-state index contributed by atoms with van der Waals surface area (Å²) < 4.78 is 0. The maximum absolute atomic E-state index is 3.32.